The number of hydrogen-bond acceptors (Lipinski definition) is 3. The van der Waals surface area contributed by atoms with Crippen LogP contribution < -0.4 is 10.1 Å². The Morgan fingerprint density at radius 3 is 2.60 bits per heavy atom. The monoisotopic (exact) mass is 336 g/mol. The van der Waals surface area contributed by atoms with Crippen molar-refractivity contribution in [2.45, 2.75) is 13.8 Å². The van der Waals surface area contributed by atoms with Crippen LogP contribution in [0.5, 0.6) is 11.6 Å². The van der Waals surface area contributed by atoms with Gasteiger partial charge in [-0.15, -0.1) is 0 Å². The third-order valence-electron chi connectivity index (χ3n) is 3.67. The molecule has 2 aromatic carbocycles. The number of nitrogens with one attached hydrogen (secondary N) is 1. The second kappa shape index (κ2) is 7.13. The molecule has 0 fully saturated rings. The summed E-state index contributed by atoms with van der Waals surface area (Å²) in [6.07, 6.45) is 1.47. The minimum absolute atomic E-state index is 0.0155. The summed E-state index contributed by atoms with van der Waals surface area (Å²) in [6, 6.07) is 15.1. The molecule has 0 aliphatic heterocycles. The third-order valence-corrected chi connectivity index (χ3v) is 3.67. The molecule has 3 aromatic rings. The van der Waals surface area contributed by atoms with Gasteiger partial charge in [-0.2, -0.15) is 0 Å². The molecule has 1 amide bonds. The van der Waals surface area contributed by atoms with Gasteiger partial charge < -0.3 is 10.1 Å². The molecule has 1 heterocycles. The zero-order valence-corrected chi connectivity index (χ0v) is 13.9. The Morgan fingerprint density at radius 2 is 1.88 bits per heavy atom. The van der Waals surface area contributed by atoms with E-state index in [0.717, 1.165) is 16.9 Å². The van der Waals surface area contributed by atoms with Gasteiger partial charge in [0.05, 0.1) is 17.4 Å². The summed E-state index contributed by atoms with van der Waals surface area (Å²) in [6.45, 7) is 3.94. The maximum atomic E-state index is 13.6. The molecule has 126 valence electrons. The fraction of sp³-hybridized carbons (Fsp3) is 0.100. The van der Waals surface area contributed by atoms with E-state index in [1.165, 1.54) is 24.4 Å². The largest absolute Gasteiger partial charge is 0.439 e. The fourth-order valence-electron chi connectivity index (χ4n) is 2.29. The van der Waals surface area contributed by atoms with Crippen molar-refractivity contribution in [2.75, 3.05) is 5.32 Å². The predicted molar refractivity (Wildman–Crippen MR) is 94.6 cm³/mol. The molecule has 3 rings (SSSR count). The summed E-state index contributed by atoms with van der Waals surface area (Å²) >= 11 is 0. The molecule has 0 spiro atoms. The molecule has 0 atom stereocenters. The molecule has 0 radical (unpaired) electrons. The van der Waals surface area contributed by atoms with Crippen LogP contribution in [0.4, 0.5) is 10.1 Å². The molecule has 0 unspecified atom stereocenters. The standard InChI is InChI=1S/C20H17FN2O2/c1-13-7-8-14(2)18(11-13)25-19-10-9-15(12-22-19)23-20(24)16-5-3-4-6-17(16)21/h3-12H,1-2H3,(H,23,24). The highest BCUT2D eigenvalue weighted by Gasteiger charge is 2.11. The van der Waals surface area contributed by atoms with Crippen molar-refractivity contribution < 1.29 is 13.9 Å². The summed E-state index contributed by atoms with van der Waals surface area (Å²) in [5, 5.41) is 2.61. The molecule has 0 aliphatic carbocycles. The number of anilines is 1. The van der Waals surface area contributed by atoms with Crippen molar-refractivity contribution in [1.29, 1.82) is 0 Å². The lowest BCUT2D eigenvalue weighted by Crippen LogP contribution is -2.13. The summed E-state index contributed by atoms with van der Waals surface area (Å²) in [4.78, 5) is 16.3. The number of hydrogen-bond donors (Lipinski definition) is 1. The van der Waals surface area contributed by atoms with Crippen LogP contribution in [0.1, 0.15) is 21.5 Å². The summed E-state index contributed by atoms with van der Waals surface area (Å²) in [5.74, 6) is 0.0548. The first-order valence-electron chi connectivity index (χ1n) is 7.80. The first-order chi connectivity index (χ1) is 12.0. The van der Waals surface area contributed by atoms with Gasteiger partial charge in [-0.25, -0.2) is 9.37 Å². The Morgan fingerprint density at radius 1 is 1.08 bits per heavy atom. The highest BCUT2D eigenvalue weighted by atomic mass is 19.1. The summed E-state index contributed by atoms with van der Waals surface area (Å²) in [5.41, 5.74) is 2.54. The number of ether oxygens (including phenoxy) is 1. The van der Waals surface area contributed by atoms with Crippen molar-refractivity contribution in [3.63, 3.8) is 0 Å². The van der Waals surface area contributed by atoms with Gasteiger partial charge in [-0.1, -0.05) is 24.3 Å². The molecule has 1 N–H and O–H groups in total. The summed E-state index contributed by atoms with van der Waals surface area (Å²) < 4.78 is 19.4. The van der Waals surface area contributed by atoms with Gasteiger partial charge in [0, 0.05) is 6.07 Å². The topological polar surface area (TPSA) is 51.2 Å². The molecule has 0 bridgehead atoms. The Bertz CT molecular complexity index is 908. The molecule has 5 heteroatoms. The van der Waals surface area contributed by atoms with Crippen LogP contribution in [0.2, 0.25) is 0 Å². The van der Waals surface area contributed by atoms with E-state index in [2.05, 4.69) is 10.3 Å². The van der Waals surface area contributed by atoms with Crippen LogP contribution in [0.3, 0.4) is 0 Å². The van der Waals surface area contributed by atoms with Gasteiger partial charge in [-0.3, -0.25) is 4.79 Å². The Labute approximate surface area is 145 Å². The molecular weight excluding hydrogens is 319 g/mol. The number of aryl methyl sites for hydroxylation is 2. The number of carbonyl (C=O) groups excluding carboxylic acids is 1. The van der Waals surface area contributed by atoms with Crippen molar-refractivity contribution in [1.82, 2.24) is 4.98 Å². The van der Waals surface area contributed by atoms with E-state index < -0.39 is 11.7 Å². The zero-order valence-electron chi connectivity index (χ0n) is 13.9. The average molecular weight is 336 g/mol. The average Bonchev–Trinajstić information content (AvgIpc) is 2.60. The van der Waals surface area contributed by atoms with E-state index in [0.29, 0.717) is 11.6 Å². The van der Waals surface area contributed by atoms with E-state index in [1.54, 1.807) is 18.2 Å². The Hall–Kier alpha value is -3.21. The molecule has 0 aliphatic rings. The van der Waals surface area contributed by atoms with Gasteiger partial charge in [0.15, 0.2) is 0 Å². The van der Waals surface area contributed by atoms with E-state index in [9.17, 15) is 9.18 Å². The number of rotatable bonds is 4. The number of aromatic nitrogens is 1. The number of amides is 1. The first-order valence-corrected chi connectivity index (χ1v) is 7.80. The van der Waals surface area contributed by atoms with Crippen LogP contribution in [0.15, 0.2) is 60.8 Å². The lowest BCUT2D eigenvalue weighted by molar-refractivity contribution is 0.102. The fourth-order valence-corrected chi connectivity index (χ4v) is 2.29. The maximum Gasteiger partial charge on any atom is 0.258 e. The van der Waals surface area contributed by atoms with E-state index in [-0.39, 0.29) is 5.56 Å². The van der Waals surface area contributed by atoms with Crippen LogP contribution in [0.25, 0.3) is 0 Å². The number of benzene rings is 2. The molecule has 0 saturated carbocycles. The molecule has 4 nitrogen and oxygen atoms in total. The SMILES string of the molecule is Cc1ccc(C)c(Oc2ccc(NC(=O)c3ccccc3F)cn2)c1. The predicted octanol–water partition coefficient (Wildman–Crippen LogP) is 4.88. The van der Waals surface area contributed by atoms with Gasteiger partial charge in [0.25, 0.3) is 5.91 Å². The summed E-state index contributed by atoms with van der Waals surface area (Å²) in [7, 11) is 0. The van der Waals surface area contributed by atoms with Crippen molar-refractivity contribution in [3.05, 3.63) is 83.3 Å². The highest BCUT2D eigenvalue weighted by Crippen LogP contribution is 2.25. The van der Waals surface area contributed by atoms with Crippen molar-refractivity contribution >= 4 is 11.6 Å². The Balaban J connectivity index is 1.71. The number of carbonyl (C=O) groups is 1. The van der Waals surface area contributed by atoms with E-state index in [1.807, 2.05) is 32.0 Å². The first kappa shape index (κ1) is 16.6. The number of halogens is 1. The van der Waals surface area contributed by atoms with Crippen LogP contribution >= 0.6 is 0 Å². The van der Waals surface area contributed by atoms with Gasteiger partial charge in [-0.05, 0) is 49.2 Å². The number of nitrogens with zero attached hydrogens (tertiary/aromatic N) is 1. The minimum Gasteiger partial charge on any atom is -0.439 e. The quantitative estimate of drug-likeness (QED) is 0.738. The second-order valence-electron chi connectivity index (χ2n) is 5.69. The lowest BCUT2D eigenvalue weighted by atomic mass is 10.1. The third kappa shape index (κ3) is 4.01. The van der Waals surface area contributed by atoms with Crippen LogP contribution in [-0.2, 0) is 0 Å². The smallest absolute Gasteiger partial charge is 0.258 e. The van der Waals surface area contributed by atoms with Gasteiger partial charge in [0.2, 0.25) is 5.88 Å². The highest BCUT2D eigenvalue weighted by molar-refractivity contribution is 6.04. The zero-order chi connectivity index (χ0) is 17.8. The molecule has 25 heavy (non-hydrogen) atoms. The van der Waals surface area contributed by atoms with Gasteiger partial charge >= 0.3 is 0 Å². The second-order valence-corrected chi connectivity index (χ2v) is 5.69. The van der Waals surface area contributed by atoms with Crippen LogP contribution in [0, 0.1) is 19.7 Å². The van der Waals surface area contributed by atoms with E-state index >= 15 is 0 Å². The van der Waals surface area contributed by atoms with Gasteiger partial charge in [0.1, 0.15) is 11.6 Å². The van der Waals surface area contributed by atoms with Crippen LogP contribution in [-0.4, -0.2) is 10.9 Å². The van der Waals surface area contributed by atoms with Crippen molar-refractivity contribution in [3.8, 4) is 11.6 Å². The normalized spacial score (nSPS) is 10.4. The maximum absolute atomic E-state index is 13.6. The minimum atomic E-state index is -0.567. The van der Waals surface area contributed by atoms with Crippen molar-refractivity contribution in [2.24, 2.45) is 0 Å². The molecular formula is C20H17FN2O2. The number of pyridine rings is 1. The molecule has 1 aromatic heterocycles. The molecule has 0 saturated heterocycles. The Kier molecular flexibility index (Phi) is 4.75. The lowest BCUT2D eigenvalue weighted by Gasteiger charge is -2.10. The van der Waals surface area contributed by atoms with E-state index in [4.69, 9.17) is 4.74 Å².